The van der Waals surface area contributed by atoms with Crippen LogP contribution in [0.2, 0.25) is 0 Å². The van der Waals surface area contributed by atoms with Gasteiger partial charge in [0.2, 0.25) is 5.91 Å². The minimum absolute atomic E-state index is 0.0254. The maximum Gasteiger partial charge on any atom is 0.329 e. The molecule has 5 nitrogen and oxygen atoms in total. The highest BCUT2D eigenvalue weighted by molar-refractivity contribution is 5.78. The fraction of sp³-hybridized carbons (Fsp3) is 0.391. The van der Waals surface area contributed by atoms with Gasteiger partial charge in [0, 0.05) is 33.1 Å². The van der Waals surface area contributed by atoms with Crippen molar-refractivity contribution in [2.24, 2.45) is 0 Å². The molecule has 0 aliphatic rings. The number of fused-ring (bicyclic) bond motifs is 1. The Labute approximate surface area is 166 Å². The first-order valence-corrected chi connectivity index (χ1v) is 10.1. The number of nitrogens with zero attached hydrogens (tertiary/aromatic N) is 3. The van der Waals surface area contributed by atoms with Gasteiger partial charge in [-0.25, -0.2) is 4.79 Å². The second kappa shape index (κ2) is 9.40. The highest BCUT2D eigenvalue weighted by atomic mass is 16.2. The van der Waals surface area contributed by atoms with Crippen molar-refractivity contribution in [3.05, 3.63) is 70.6 Å². The van der Waals surface area contributed by atoms with Gasteiger partial charge in [0.1, 0.15) is 0 Å². The number of amides is 1. The van der Waals surface area contributed by atoms with Crippen molar-refractivity contribution >= 4 is 16.9 Å². The monoisotopic (exact) mass is 379 g/mol. The quantitative estimate of drug-likeness (QED) is 0.569. The molecule has 0 bridgehead atoms. The lowest BCUT2D eigenvalue weighted by atomic mass is 10.1. The molecule has 0 unspecified atom stereocenters. The molecule has 5 heteroatoms. The summed E-state index contributed by atoms with van der Waals surface area (Å²) in [5.74, 6) is 0.0762. The minimum atomic E-state index is -0.0254. The summed E-state index contributed by atoms with van der Waals surface area (Å²) in [6.45, 7) is 3.89. The van der Waals surface area contributed by atoms with Gasteiger partial charge < -0.3 is 4.90 Å². The van der Waals surface area contributed by atoms with Crippen molar-refractivity contribution in [3.63, 3.8) is 0 Å². The van der Waals surface area contributed by atoms with E-state index in [4.69, 9.17) is 0 Å². The fourth-order valence-electron chi connectivity index (χ4n) is 3.62. The molecular weight excluding hydrogens is 350 g/mol. The van der Waals surface area contributed by atoms with Crippen molar-refractivity contribution in [2.75, 3.05) is 13.6 Å². The number of para-hydroxylation sites is 2. The Bertz CT molecular complexity index is 972. The van der Waals surface area contributed by atoms with Crippen LogP contribution in [0.3, 0.4) is 0 Å². The molecule has 0 aliphatic carbocycles. The van der Waals surface area contributed by atoms with E-state index in [1.165, 1.54) is 5.56 Å². The number of benzene rings is 2. The van der Waals surface area contributed by atoms with E-state index in [2.05, 4.69) is 19.1 Å². The molecule has 0 aliphatic heterocycles. The van der Waals surface area contributed by atoms with Crippen LogP contribution in [0.1, 0.15) is 31.7 Å². The van der Waals surface area contributed by atoms with Crippen LogP contribution in [0, 0.1) is 0 Å². The van der Waals surface area contributed by atoms with Crippen molar-refractivity contribution < 1.29 is 4.79 Å². The van der Waals surface area contributed by atoms with Gasteiger partial charge >= 0.3 is 5.69 Å². The molecule has 1 heterocycles. The predicted molar refractivity (Wildman–Crippen MR) is 114 cm³/mol. The number of carbonyl (C=O) groups excluding carboxylic acids is 1. The first-order chi connectivity index (χ1) is 13.6. The largest absolute Gasteiger partial charge is 0.346 e. The van der Waals surface area contributed by atoms with Crippen LogP contribution in [-0.2, 0) is 24.3 Å². The van der Waals surface area contributed by atoms with Gasteiger partial charge in [0.15, 0.2) is 0 Å². The van der Waals surface area contributed by atoms with Crippen LogP contribution in [0.15, 0.2) is 59.4 Å². The summed E-state index contributed by atoms with van der Waals surface area (Å²) < 4.78 is 3.55. The van der Waals surface area contributed by atoms with Crippen LogP contribution in [0.5, 0.6) is 0 Å². The lowest BCUT2D eigenvalue weighted by molar-refractivity contribution is -0.130. The van der Waals surface area contributed by atoms with Crippen molar-refractivity contribution in [3.8, 4) is 0 Å². The molecule has 1 aromatic heterocycles. The third-order valence-electron chi connectivity index (χ3n) is 5.15. The van der Waals surface area contributed by atoms with E-state index in [1.807, 2.05) is 54.1 Å². The van der Waals surface area contributed by atoms with Gasteiger partial charge in [-0.2, -0.15) is 0 Å². The number of carbonyl (C=O) groups is 1. The van der Waals surface area contributed by atoms with Crippen molar-refractivity contribution in [1.82, 2.24) is 14.0 Å². The van der Waals surface area contributed by atoms with E-state index in [-0.39, 0.29) is 11.6 Å². The molecule has 3 rings (SSSR count). The summed E-state index contributed by atoms with van der Waals surface area (Å²) in [7, 11) is 1.84. The zero-order valence-corrected chi connectivity index (χ0v) is 16.8. The number of imidazole rings is 1. The van der Waals surface area contributed by atoms with E-state index in [0.717, 1.165) is 36.8 Å². The van der Waals surface area contributed by atoms with Gasteiger partial charge in [-0.15, -0.1) is 0 Å². The molecule has 0 atom stereocenters. The molecule has 28 heavy (non-hydrogen) atoms. The summed E-state index contributed by atoms with van der Waals surface area (Å²) in [6.07, 6.45) is 3.13. The third-order valence-corrected chi connectivity index (χ3v) is 5.15. The Kier molecular flexibility index (Phi) is 6.69. The van der Waals surface area contributed by atoms with E-state index in [0.29, 0.717) is 19.5 Å². The zero-order valence-electron chi connectivity index (χ0n) is 16.8. The molecule has 0 saturated carbocycles. The minimum Gasteiger partial charge on any atom is -0.346 e. The van der Waals surface area contributed by atoms with Crippen molar-refractivity contribution in [2.45, 2.75) is 45.7 Å². The molecular formula is C23H29N3O2. The van der Waals surface area contributed by atoms with Crippen LogP contribution < -0.4 is 5.69 Å². The lowest BCUT2D eigenvalue weighted by Crippen LogP contribution is -2.31. The van der Waals surface area contributed by atoms with E-state index in [9.17, 15) is 9.59 Å². The average molecular weight is 380 g/mol. The summed E-state index contributed by atoms with van der Waals surface area (Å²) in [4.78, 5) is 27.1. The van der Waals surface area contributed by atoms with Crippen LogP contribution in [-0.4, -0.2) is 33.5 Å². The molecule has 3 aromatic rings. The molecule has 148 valence electrons. The Morgan fingerprint density at radius 1 is 0.929 bits per heavy atom. The molecule has 0 radical (unpaired) electrons. The van der Waals surface area contributed by atoms with Crippen molar-refractivity contribution in [1.29, 1.82) is 0 Å². The maximum absolute atomic E-state index is 12.8. The first kappa shape index (κ1) is 19.9. The highest BCUT2D eigenvalue weighted by Gasteiger charge is 2.14. The van der Waals surface area contributed by atoms with Gasteiger partial charge in [-0.1, -0.05) is 49.4 Å². The second-order valence-corrected chi connectivity index (χ2v) is 7.23. The Morgan fingerprint density at radius 3 is 2.18 bits per heavy atom. The lowest BCUT2D eigenvalue weighted by Gasteiger charge is -2.17. The predicted octanol–water partition coefficient (Wildman–Crippen LogP) is 3.69. The molecule has 2 aromatic carbocycles. The fourth-order valence-corrected chi connectivity index (χ4v) is 3.62. The van der Waals surface area contributed by atoms with Crippen LogP contribution in [0.25, 0.3) is 11.0 Å². The van der Waals surface area contributed by atoms with Gasteiger partial charge in [-0.3, -0.25) is 13.9 Å². The number of hydrogen-bond acceptors (Lipinski definition) is 2. The Morgan fingerprint density at radius 2 is 1.54 bits per heavy atom. The molecule has 1 amide bonds. The molecule has 0 fully saturated rings. The standard InChI is InChI=1S/C23H29N3O2/c1-3-16-25-20-13-7-8-14-21(20)26(23(25)28)18-15-22(27)24(2)17-9-12-19-10-5-4-6-11-19/h4-8,10-11,13-14H,3,9,12,15-18H2,1-2H3. The first-order valence-electron chi connectivity index (χ1n) is 10.1. The smallest absolute Gasteiger partial charge is 0.329 e. The van der Waals surface area contributed by atoms with Crippen LogP contribution >= 0.6 is 0 Å². The van der Waals surface area contributed by atoms with Gasteiger partial charge in [-0.05, 0) is 37.0 Å². The second-order valence-electron chi connectivity index (χ2n) is 7.23. The summed E-state index contributed by atoms with van der Waals surface area (Å²) >= 11 is 0. The number of rotatable bonds is 9. The summed E-state index contributed by atoms with van der Waals surface area (Å²) in [5, 5.41) is 0. The summed E-state index contributed by atoms with van der Waals surface area (Å²) in [5.41, 5.74) is 3.11. The maximum atomic E-state index is 12.8. The van der Waals surface area contributed by atoms with Crippen LogP contribution in [0.4, 0.5) is 0 Å². The Hall–Kier alpha value is -2.82. The van der Waals surface area contributed by atoms with Gasteiger partial charge in [0.25, 0.3) is 0 Å². The SMILES string of the molecule is CCCn1c(=O)n(CCC(=O)N(C)CCCc2ccccc2)c2ccccc21. The third kappa shape index (κ3) is 4.53. The molecule has 0 N–H and O–H groups in total. The Balaban J connectivity index is 1.59. The van der Waals surface area contributed by atoms with E-state index < -0.39 is 0 Å². The molecule has 0 spiro atoms. The number of aryl methyl sites for hydroxylation is 3. The normalized spacial score (nSPS) is 11.1. The number of hydrogen-bond donors (Lipinski definition) is 0. The number of aromatic nitrogens is 2. The zero-order chi connectivity index (χ0) is 19.9. The average Bonchev–Trinajstić information content (AvgIpc) is 2.98. The van der Waals surface area contributed by atoms with Gasteiger partial charge in [0.05, 0.1) is 11.0 Å². The molecule has 0 saturated heterocycles. The van der Waals surface area contributed by atoms with E-state index >= 15 is 0 Å². The van der Waals surface area contributed by atoms with E-state index in [1.54, 1.807) is 9.47 Å². The summed E-state index contributed by atoms with van der Waals surface area (Å²) in [6, 6.07) is 18.1. The highest BCUT2D eigenvalue weighted by Crippen LogP contribution is 2.14. The topological polar surface area (TPSA) is 47.2 Å².